The highest BCUT2D eigenvalue weighted by molar-refractivity contribution is 6.21. The van der Waals surface area contributed by atoms with Crippen molar-refractivity contribution in [2.24, 2.45) is 0 Å². The predicted molar refractivity (Wildman–Crippen MR) is 292 cm³/mol. The topological polar surface area (TPSA) is 8.17 Å². The minimum absolute atomic E-state index is 0.272. The number of hydrogen-bond acceptors (Lipinski definition) is 1. The van der Waals surface area contributed by atoms with Gasteiger partial charge in [-0.1, -0.05) is 196 Å². The number of aromatic nitrogens is 1. The van der Waals surface area contributed by atoms with E-state index in [1.807, 2.05) is 0 Å². The van der Waals surface area contributed by atoms with Crippen LogP contribution >= 0.6 is 0 Å². The van der Waals surface area contributed by atoms with Crippen molar-refractivity contribution in [3.8, 4) is 50.2 Å². The largest absolute Gasteiger partial charge is 0.310 e. The minimum Gasteiger partial charge on any atom is -0.310 e. The summed E-state index contributed by atoms with van der Waals surface area (Å²) in [7, 11) is 0. The van der Waals surface area contributed by atoms with Gasteiger partial charge in [-0.05, 0) is 149 Å². The number of hydrogen-bond donors (Lipinski definition) is 0. The van der Waals surface area contributed by atoms with E-state index < -0.39 is 5.41 Å². The van der Waals surface area contributed by atoms with Gasteiger partial charge < -0.3 is 9.47 Å². The Balaban J connectivity index is 0.906. The first kappa shape index (κ1) is 39.3. The van der Waals surface area contributed by atoms with Crippen molar-refractivity contribution in [3.63, 3.8) is 0 Å². The Labute approximate surface area is 408 Å². The SMILES string of the molecule is CC1(C)c2cc(N(c3ccc(-c4ccccc4)cc3)c3ccc4c(c3)C3(c5ccccc5-c5ccccc53)c3ccccc3-4)ccc2-c2ccc(-n3c4ccccc4c4c5ccccc5ccc43)cc21. The Hall–Kier alpha value is -8.72. The molecule has 0 unspecified atom stereocenters. The molecule has 0 bridgehead atoms. The fourth-order valence-electron chi connectivity index (χ4n) is 13.1. The highest BCUT2D eigenvalue weighted by Crippen LogP contribution is 2.63. The van der Waals surface area contributed by atoms with Crippen LogP contribution in [0, 0.1) is 0 Å². The van der Waals surface area contributed by atoms with E-state index in [9.17, 15) is 0 Å². The van der Waals surface area contributed by atoms with Crippen LogP contribution in [0.4, 0.5) is 17.1 Å². The van der Waals surface area contributed by atoms with Gasteiger partial charge >= 0.3 is 0 Å². The van der Waals surface area contributed by atoms with Gasteiger partial charge in [-0.3, -0.25) is 0 Å². The first-order valence-electron chi connectivity index (χ1n) is 24.6. The zero-order chi connectivity index (χ0) is 46.3. The lowest BCUT2D eigenvalue weighted by molar-refractivity contribution is 0.660. The zero-order valence-corrected chi connectivity index (χ0v) is 39.0. The van der Waals surface area contributed by atoms with E-state index in [0.717, 1.165) is 17.1 Å². The van der Waals surface area contributed by atoms with E-state index in [1.165, 1.54) is 116 Å². The summed E-state index contributed by atoms with van der Waals surface area (Å²) in [5.41, 5.74) is 24.6. The molecule has 0 N–H and O–H groups in total. The van der Waals surface area contributed by atoms with Crippen LogP contribution in [0.5, 0.6) is 0 Å². The van der Waals surface area contributed by atoms with E-state index in [4.69, 9.17) is 0 Å². The molecule has 1 heterocycles. The molecule has 3 aliphatic carbocycles. The van der Waals surface area contributed by atoms with Gasteiger partial charge in [0.2, 0.25) is 0 Å². The summed E-state index contributed by atoms with van der Waals surface area (Å²) in [5, 5.41) is 5.14. The van der Waals surface area contributed by atoms with Crippen LogP contribution in [-0.2, 0) is 10.8 Å². The quantitative estimate of drug-likeness (QED) is 0.167. The molecule has 3 aliphatic rings. The second kappa shape index (κ2) is 14.4. The van der Waals surface area contributed by atoms with Gasteiger partial charge in [-0.25, -0.2) is 0 Å². The minimum atomic E-state index is -0.444. The van der Waals surface area contributed by atoms with Crippen LogP contribution in [0.25, 0.3) is 82.8 Å². The third-order valence-electron chi connectivity index (χ3n) is 16.2. The molecule has 2 heteroatoms. The molecule has 2 nitrogen and oxygen atoms in total. The van der Waals surface area contributed by atoms with E-state index in [2.05, 4.69) is 266 Å². The summed E-state index contributed by atoms with van der Waals surface area (Å²) >= 11 is 0. The molecule has 15 rings (SSSR count). The molecule has 0 atom stereocenters. The summed E-state index contributed by atoms with van der Waals surface area (Å²) in [5.74, 6) is 0. The molecule has 1 aromatic heterocycles. The summed E-state index contributed by atoms with van der Waals surface area (Å²) < 4.78 is 2.47. The first-order chi connectivity index (χ1) is 34.5. The lowest BCUT2D eigenvalue weighted by atomic mass is 9.70. The summed E-state index contributed by atoms with van der Waals surface area (Å²) in [6.45, 7) is 4.82. The van der Waals surface area contributed by atoms with Gasteiger partial charge in [0.05, 0.1) is 16.4 Å². The molecule has 328 valence electrons. The predicted octanol–water partition coefficient (Wildman–Crippen LogP) is 17.7. The Kier molecular flexibility index (Phi) is 8.08. The number of rotatable bonds is 5. The fourth-order valence-corrected chi connectivity index (χ4v) is 13.1. The van der Waals surface area contributed by atoms with Crippen LogP contribution in [0.1, 0.15) is 47.2 Å². The van der Waals surface area contributed by atoms with E-state index >= 15 is 0 Å². The molecule has 0 saturated carbocycles. The maximum Gasteiger partial charge on any atom is 0.0726 e. The van der Waals surface area contributed by atoms with Crippen molar-refractivity contribution in [1.29, 1.82) is 0 Å². The van der Waals surface area contributed by atoms with Gasteiger partial charge in [0.25, 0.3) is 0 Å². The number of benzene rings is 11. The van der Waals surface area contributed by atoms with Crippen LogP contribution < -0.4 is 4.90 Å². The number of anilines is 3. The first-order valence-corrected chi connectivity index (χ1v) is 24.6. The van der Waals surface area contributed by atoms with Crippen molar-refractivity contribution in [2.75, 3.05) is 4.90 Å². The summed E-state index contributed by atoms with van der Waals surface area (Å²) in [6, 6.07) is 91.0. The second-order valence-electron chi connectivity index (χ2n) is 20.0. The van der Waals surface area contributed by atoms with Crippen molar-refractivity contribution in [2.45, 2.75) is 24.7 Å². The number of nitrogens with zero attached hydrogens (tertiary/aromatic N) is 2. The molecule has 1 spiro atoms. The smallest absolute Gasteiger partial charge is 0.0726 e. The van der Waals surface area contributed by atoms with Crippen molar-refractivity contribution < 1.29 is 0 Å². The lowest BCUT2D eigenvalue weighted by Gasteiger charge is -2.32. The molecular weight excluding hydrogens is 845 g/mol. The van der Waals surface area contributed by atoms with E-state index in [1.54, 1.807) is 0 Å². The Morgan fingerprint density at radius 2 is 0.814 bits per heavy atom. The zero-order valence-electron chi connectivity index (χ0n) is 39.0. The maximum atomic E-state index is 2.51. The highest BCUT2D eigenvalue weighted by Gasteiger charge is 2.51. The standard InChI is InChI=1S/C68H46N2/c1-67(2)61-40-47(33-36-54(61)55-37-35-49(41-62(55)67)70-64-27-15-11-23-57(64)66-50-19-7-6-18-45(50)30-39-65(66)70)69(46-31-28-44(29-32-46)43-16-4-3-5-17-43)48-34-38-56-53-22-10-14-26-60(53)68(63(56)42-48)58-24-12-8-20-51(58)52-21-9-13-25-59(52)68/h3-42H,1-2H3. The van der Waals surface area contributed by atoms with Gasteiger partial charge in [-0.2, -0.15) is 0 Å². The summed E-state index contributed by atoms with van der Waals surface area (Å²) in [6.07, 6.45) is 0. The Morgan fingerprint density at radius 1 is 0.329 bits per heavy atom. The monoisotopic (exact) mass is 890 g/mol. The van der Waals surface area contributed by atoms with E-state index in [0.29, 0.717) is 0 Å². The number of para-hydroxylation sites is 1. The average Bonchev–Trinajstić information content (AvgIpc) is 4.09. The normalized spacial score (nSPS) is 14.1. The Bertz CT molecular complexity index is 4090. The molecule has 0 radical (unpaired) electrons. The second-order valence-corrected chi connectivity index (χ2v) is 20.0. The van der Waals surface area contributed by atoms with Crippen molar-refractivity contribution in [1.82, 2.24) is 4.57 Å². The average molecular weight is 891 g/mol. The van der Waals surface area contributed by atoms with Gasteiger partial charge in [0.15, 0.2) is 0 Å². The summed E-state index contributed by atoms with van der Waals surface area (Å²) in [4.78, 5) is 2.49. The van der Waals surface area contributed by atoms with Gasteiger partial charge in [-0.15, -0.1) is 0 Å². The molecule has 0 saturated heterocycles. The Morgan fingerprint density at radius 3 is 1.49 bits per heavy atom. The highest BCUT2D eigenvalue weighted by atomic mass is 15.1. The van der Waals surface area contributed by atoms with Gasteiger partial charge in [0.1, 0.15) is 0 Å². The van der Waals surface area contributed by atoms with Crippen LogP contribution in [-0.4, -0.2) is 4.57 Å². The molecule has 70 heavy (non-hydrogen) atoms. The third-order valence-corrected chi connectivity index (χ3v) is 16.2. The molecule has 0 aliphatic heterocycles. The lowest BCUT2D eigenvalue weighted by Crippen LogP contribution is -2.26. The number of fused-ring (bicyclic) bond motifs is 18. The van der Waals surface area contributed by atoms with Gasteiger partial charge in [0, 0.05) is 38.9 Å². The van der Waals surface area contributed by atoms with Crippen molar-refractivity contribution >= 4 is 49.6 Å². The maximum absolute atomic E-state index is 2.51. The molecule has 0 fully saturated rings. The molecule has 12 aromatic rings. The van der Waals surface area contributed by atoms with Crippen LogP contribution in [0.15, 0.2) is 243 Å². The molecule has 11 aromatic carbocycles. The molecular formula is C68H46N2. The molecule has 0 amide bonds. The van der Waals surface area contributed by atoms with Crippen molar-refractivity contribution in [3.05, 3.63) is 276 Å². The third kappa shape index (κ3) is 5.23. The van der Waals surface area contributed by atoms with Crippen LogP contribution in [0.3, 0.4) is 0 Å². The van der Waals surface area contributed by atoms with Crippen LogP contribution in [0.2, 0.25) is 0 Å². The van der Waals surface area contributed by atoms with E-state index in [-0.39, 0.29) is 5.41 Å². The fraction of sp³-hybridized carbons (Fsp3) is 0.0588.